The first-order valence-electron chi connectivity index (χ1n) is 5.00. The van der Waals surface area contributed by atoms with Crippen LogP contribution in [0, 0.1) is 11.8 Å². The van der Waals surface area contributed by atoms with Crippen molar-refractivity contribution in [2.24, 2.45) is 17.6 Å². The van der Waals surface area contributed by atoms with E-state index in [2.05, 4.69) is 20.8 Å². The number of nitrogens with two attached hydrogens (primary N) is 1. The van der Waals surface area contributed by atoms with Crippen molar-refractivity contribution in [2.75, 3.05) is 6.54 Å². The Morgan fingerprint density at radius 2 is 1.36 bits per heavy atom. The molecule has 0 spiro atoms. The van der Waals surface area contributed by atoms with Crippen molar-refractivity contribution >= 4 is 0 Å². The summed E-state index contributed by atoms with van der Waals surface area (Å²) in [5, 5.41) is 0. The summed E-state index contributed by atoms with van der Waals surface area (Å²) in [7, 11) is 0. The van der Waals surface area contributed by atoms with Gasteiger partial charge in [-0.1, -0.05) is 40.0 Å². The van der Waals surface area contributed by atoms with Crippen LogP contribution in [-0.2, 0) is 0 Å². The van der Waals surface area contributed by atoms with Gasteiger partial charge < -0.3 is 5.73 Å². The van der Waals surface area contributed by atoms with Gasteiger partial charge >= 0.3 is 0 Å². The fraction of sp³-hybridized carbons (Fsp3) is 1.00. The van der Waals surface area contributed by atoms with Crippen LogP contribution in [0.25, 0.3) is 0 Å². The molecule has 0 saturated heterocycles. The molecule has 0 radical (unpaired) electrons. The molecule has 0 aromatic carbocycles. The molecule has 1 nitrogen and oxygen atoms in total. The highest BCUT2D eigenvalue weighted by Crippen LogP contribution is 2.24. The first kappa shape index (κ1) is 11.0. The standard InChI is InChI=1S/C10H23N/c1-4-9(5-2)10(6-3)7-8-11/h9-10H,4-8,11H2,1-3H3/t10-/m1/s1. The van der Waals surface area contributed by atoms with Gasteiger partial charge in [-0.2, -0.15) is 0 Å². The molecule has 2 N–H and O–H groups in total. The molecule has 0 unspecified atom stereocenters. The second-order valence-corrected chi connectivity index (χ2v) is 3.32. The Kier molecular flexibility index (Phi) is 6.63. The van der Waals surface area contributed by atoms with Crippen molar-refractivity contribution in [1.82, 2.24) is 0 Å². The first-order valence-corrected chi connectivity index (χ1v) is 5.00. The molecule has 1 atom stereocenters. The maximum absolute atomic E-state index is 5.55. The van der Waals surface area contributed by atoms with Crippen molar-refractivity contribution < 1.29 is 0 Å². The average molecular weight is 157 g/mol. The Bertz CT molecular complexity index is 76.9. The van der Waals surface area contributed by atoms with E-state index in [0.717, 1.165) is 18.4 Å². The lowest BCUT2D eigenvalue weighted by Gasteiger charge is -2.23. The summed E-state index contributed by atoms with van der Waals surface area (Å²) in [6.07, 6.45) is 5.14. The maximum Gasteiger partial charge on any atom is -0.00745 e. The molecule has 0 aromatic rings. The van der Waals surface area contributed by atoms with Crippen LogP contribution >= 0.6 is 0 Å². The van der Waals surface area contributed by atoms with E-state index < -0.39 is 0 Å². The van der Waals surface area contributed by atoms with Gasteiger partial charge in [0, 0.05) is 0 Å². The summed E-state index contributed by atoms with van der Waals surface area (Å²) in [4.78, 5) is 0. The maximum atomic E-state index is 5.55. The van der Waals surface area contributed by atoms with Gasteiger partial charge in [0.05, 0.1) is 0 Å². The number of hydrogen-bond donors (Lipinski definition) is 1. The minimum Gasteiger partial charge on any atom is -0.330 e. The number of hydrogen-bond acceptors (Lipinski definition) is 1. The number of rotatable bonds is 6. The van der Waals surface area contributed by atoms with E-state index in [1.54, 1.807) is 0 Å². The molecular formula is C10H23N. The van der Waals surface area contributed by atoms with E-state index >= 15 is 0 Å². The van der Waals surface area contributed by atoms with Crippen LogP contribution in [0.2, 0.25) is 0 Å². The SMILES string of the molecule is CCC(CC)[C@H](CC)CCN. The molecule has 0 aromatic heterocycles. The van der Waals surface area contributed by atoms with Gasteiger partial charge in [0.1, 0.15) is 0 Å². The predicted molar refractivity (Wildman–Crippen MR) is 51.5 cm³/mol. The van der Waals surface area contributed by atoms with Gasteiger partial charge in [0.2, 0.25) is 0 Å². The Balaban J connectivity index is 3.76. The molecule has 11 heavy (non-hydrogen) atoms. The summed E-state index contributed by atoms with van der Waals surface area (Å²) >= 11 is 0. The van der Waals surface area contributed by atoms with Crippen molar-refractivity contribution in [1.29, 1.82) is 0 Å². The van der Waals surface area contributed by atoms with Crippen LogP contribution in [0.1, 0.15) is 46.5 Å². The summed E-state index contributed by atoms with van der Waals surface area (Å²) in [5.41, 5.74) is 5.55. The molecule has 1 heteroatoms. The Morgan fingerprint density at radius 3 is 1.64 bits per heavy atom. The molecule has 0 rings (SSSR count). The third-order valence-electron chi connectivity index (χ3n) is 2.78. The molecule has 0 bridgehead atoms. The molecule has 0 aliphatic rings. The van der Waals surface area contributed by atoms with Gasteiger partial charge in [0.25, 0.3) is 0 Å². The molecule has 0 aliphatic heterocycles. The van der Waals surface area contributed by atoms with E-state index in [0.29, 0.717) is 0 Å². The second kappa shape index (κ2) is 6.66. The largest absolute Gasteiger partial charge is 0.330 e. The third kappa shape index (κ3) is 3.76. The summed E-state index contributed by atoms with van der Waals surface area (Å²) in [6, 6.07) is 0. The highest BCUT2D eigenvalue weighted by atomic mass is 14.5. The van der Waals surface area contributed by atoms with Gasteiger partial charge in [-0.25, -0.2) is 0 Å². The zero-order valence-corrected chi connectivity index (χ0v) is 8.27. The van der Waals surface area contributed by atoms with Gasteiger partial charge in [-0.3, -0.25) is 0 Å². The van der Waals surface area contributed by atoms with Gasteiger partial charge in [-0.05, 0) is 24.8 Å². The van der Waals surface area contributed by atoms with Crippen molar-refractivity contribution in [3.05, 3.63) is 0 Å². The van der Waals surface area contributed by atoms with Crippen LogP contribution in [0.3, 0.4) is 0 Å². The normalized spacial score (nSPS) is 13.9. The van der Waals surface area contributed by atoms with Crippen LogP contribution in [0.15, 0.2) is 0 Å². The summed E-state index contributed by atoms with van der Waals surface area (Å²) < 4.78 is 0. The average Bonchev–Trinajstić information content (AvgIpc) is 2.05. The third-order valence-corrected chi connectivity index (χ3v) is 2.78. The lowest BCUT2D eigenvalue weighted by molar-refractivity contribution is 0.290. The first-order chi connectivity index (χ1) is 5.29. The predicted octanol–water partition coefficient (Wildman–Crippen LogP) is 2.80. The fourth-order valence-electron chi connectivity index (χ4n) is 1.94. The highest BCUT2D eigenvalue weighted by Gasteiger charge is 2.14. The minimum atomic E-state index is 0.856. The van der Waals surface area contributed by atoms with E-state index in [9.17, 15) is 0 Å². The summed E-state index contributed by atoms with van der Waals surface area (Å²) in [6.45, 7) is 7.70. The molecule has 68 valence electrons. The van der Waals surface area contributed by atoms with Crippen LogP contribution in [0.4, 0.5) is 0 Å². The van der Waals surface area contributed by atoms with Crippen molar-refractivity contribution in [2.45, 2.75) is 46.5 Å². The smallest absolute Gasteiger partial charge is 0.00745 e. The zero-order chi connectivity index (χ0) is 8.69. The Labute approximate surface area is 71.4 Å². The minimum absolute atomic E-state index is 0.856. The molecule has 0 amide bonds. The van der Waals surface area contributed by atoms with Crippen molar-refractivity contribution in [3.63, 3.8) is 0 Å². The molecule has 0 aliphatic carbocycles. The summed E-state index contributed by atoms with van der Waals surface area (Å²) in [5.74, 6) is 1.78. The van der Waals surface area contributed by atoms with Crippen LogP contribution in [0.5, 0.6) is 0 Å². The van der Waals surface area contributed by atoms with E-state index in [-0.39, 0.29) is 0 Å². The van der Waals surface area contributed by atoms with E-state index in [1.807, 2.05) is 0 Å². The van der Waals surface area contributed by atoms with Gasteiger partial charge in [0.15, 0.2) is 0 Å². The second-order valence-electron chi connectivity index (χ2n) is 3.32. The molecule has 0 saturated carbocycles. The lowest BCUT2D eigenvalue weighted by Crippen LogP contribution is -2.16. The monoisotopic (exact) mass is 157 g/mol. The Morgan fingerprint density at radius 1 is 0.909 bits per heavy atom. The molecular weight excluding hydrogens is 134 g/mol. The van der Waals surface area contributed by atoms with Crippen LogP contribution < -0.4 is 5.73 Å². The fourth-order valence-corrected chi connectivity index (χ4v) is 1.94. The topological polar surface area (TPSA) is 26.0 Å². The molecule has 0 heterocycles. The molecule has 0 fully saturated rings. The van der Waals surface area contributed by atoms with Crippen molar-refractivity contribution in [3.8, 4) is 0 Å². The lowest BCUT2D eigenvalue weighted by atomic mass is 9.84. The van der Waals surface area contributed by atoms with E-state index in [1.165, 1.54) is 25.7 Å². The Hall–Kier alpha value is -0.0400. The van der Waals surface area contributed by atoms with Crippen LogP contribution in [-0.4, -0.2) is 6.54 Å². The quantitative estimate of drug-likeness (QED) is 0.630. The van der Waals surface area contributed by atoms with E-state index in [4.69, 9.17) is 5.73 Å². The van der Waals surface area contributed by atoms with Gasteiger partial charge in [-0.15, -0.1) is 0 Å². The zero-order valence-electron chi connectivity index (χ0n) is 8.27. The highest BCUT2D eigenvalue weighted by molar-refractivity contribution is 4.66.